The van der Waals surface area contributed by atoms with Gasteiger partial charge in [-0.05, 0) is 45.9 Å². The topological polar surface area (TPSA) is 73.3 Å². The van der Waals surface area contributed by atoms with Crippen LogP contribution in [0.2, 0.25) is 0 Å². The number of carbonyl (C=O) groups excluding carboxylic acids is 1. The number of hydrogen-bond donors (Lipinski definition) is 1. The average Bonchev–Trinajstić information content (AvgIpc) is 2.68. The first-order valence-corrected chi connectivity index (χ1v) is 10.0. The molecule has 2 aliphatic heterocycles. The molecule has 154 valence electrons. The van der Waals surface area contributed by atoms with Crippen molar-refractivity contribution in [2.75, 3.05) is 51.2 Å². The fourth-order valence-corrected chi connectivity index (χ4v) is 3.89. The van der Waals surface area contributed by atoms with Gasteiger partial charge in [-0.25, -0.2) is 0 Å². The summed E-state index contributed by atoms with van der Waals surface area (Å²) in [5.74, 6) is -0.457. The Balaban J connectivity index is 1.68. The molecular formula is C21H31N3O4. The monoisotopic (exact) mass is 389 g/mol. The smallest absolute Gasteiger partial charge is 0.308 e. The van der Waals surface area contributed by atoms with Crippen LogP contribution in [0.5, 0.6) is 5.75 Å². The van der Waals surface area contributed by atoms with E-state index < -0.39 is 11.6 Å². The summed E-state index contributed by atoms with van der Waals surface area (Å²) in [6.07, 6.45) is 1.57. The van der Waals surface area contributed by atoms with Crippen LogP contribution in [0.15, 0.2) is 24.3 Å². The van der Waals surface area contributed by atoms with E-state index in [1.54, 1.807) is 0 Å². The molecule has 2 fully saturated rings. The van der Waals surface area contributed by atoms with Gasteiger partial charge in [0.05, 0.1) is 5.92 Å². The Morgan fingerprint density at radius 2 is 1.86 bits per heavy atom. The van der Waals surface area contributed by atoms with E-state index in [2.05, 4.69) is 16.8 Å². The molecule has 2 saturated heterocycles. The van der Waals surface area contributed by atoms with Crippen LogP contribution in [-0.2, 0) is 9.59 Å². The number of benzene rings is 1. The quantitative estimate of drug-likeness (QED) is 0.830. The van der Waals surface area contributed by atoms with Crippen molar-refractivity contribution in [2.45, 2.75) is 32.3 Å². The molecule has 1 amide bonds. The van der Waals surface area contributed by atoms with Crippen LogP contribution in [0.3, 0.4) is 0 Å². The molecule has 2 heterocycles. The SMILES string of the molecule is CN1CCN(C(=O)C(C)(C)Oc2cccc(N3CCC[C@@H](C(=O)O)C3)c2)CC1. The zero-order valence-electron chi connectivity index (χ0n) is 17.1. The first kappa shape index (κ1) is 20.5. The van der Waals surface area contributed by atoms with Gasteiger partial charge in [0.2, 0.25) is 0 Å². The Morgan fingerprint density at radius 1 is 1.14 bits per heavy atom. The van der Waals surface area contributed by atoms with E-state index in [4.69, 9.17) is 4.74 Å². The van der Waals surface area contributed by atoms with Gasteiger partial charge in [0, 0.05) is 51.0 Å². The molecular weight excluding hydrogens is 358 g/mol. The highest BCUT2D eigenvalue weighted by Crippen LogP contribution is 2.29. The number of nitrogens with zero attached hydrogens (tertiary/aromatic N) is 3. The molecule has 0 aromatic heterocycles. The van der Waals surface area contributed by atoms with Crippen LogP contribution in [-0.4, -0.2) is 78.7 Å². The van der Waals surface area contributed by atoms with Crippen molar-refractivity contribution in [1.82, 2.24) is 9.80 Å². The molecule has 7 nitrogen and oxygen atoms in total. The number of carboxylic acid groups (broad SMARTS) is 1. The third-order valence-electron chi connectivity index (χ3n) is 5.63. The summed E-state index contributed by atoms with van der Waals surface area (Å²) in [7, 11) is 2.06. The van der Waals surface area contributed by atoms with Crippen LogP contribution in [0.4, 0.5) is 5.69 Å². The number of ether oxygens (including phenoxy) is 1. The Bertz CT molecular complexity index is 713. The second kappa shape index (κ2) is 8.39. The maximum absolute atomic E-state index is 12.9. The minimum absolute atomic E-state index is 0.00471. The first-order valence-electron chi connectivity index (χ1n) is 10.0. The number of carbonyl (C=O) groups is 2. The summed E-state index contributed by atoms with van der Waals surface area (Å²) >= 11 is 0. The Kier molecular flexibility index (Phi) is 6.13. The molecule has 0 bridgehead atoms. The van der Waals surface area contributed by atoms with Crippen molar-refractivity contribution in [3.05, 3.63) is 24.3 Å². The Hall–Kier alpha value is -2.28. The second-order valence-electron chi connectivity index (χ2n) is 8.33. The number of amides is 1. The van der Waals surface area contributed by atoms with E-state index in [1.165, 1.54) is 0 Å². The van der Waals surface area contributed by atoms with Gasteiger partial charge in [0.25, 0.3) is 5.91 Å². The van der Waals surface area contributed by atoms with E-state index >= 15 is 0 Å². The lowest BCUT2D eigenvalue weighted by Gasteiger charge is -2.37. The standard InChI is InChI=1S/C21H31N3O4/c1-21(2,20(27)23-12-10-22(3)11-13-23)28-18-8-4-7-17(14-18)24-9-5-6-16(15-24)19(25)26/h4,7-8,14,16H,5-6,9-13,15H2,1-3H3,(H,25,26)/t16-/m1/s1. The molecule has 0 unspecified atom stereocenters. The number of anilines is 1. The Labute approximate surface area is 166 Å². The van der Waals surface area contributed by atoms with Crippen LogP contribution >= 0.6 is 0 Å². The second-order valence-corrected chi connectivity index (χ2v) is 8.33. The molecule has 0 spiro atoms. The normalized spacial score (nSPS) is 21.5. The maximum Gasteiger partial charge on any atom is 0.308 e. The molecule has 3 rings (SSSR count). The highest BCUT2D eigenvalue weighted by Gasteiger charge is 2.35. The van der Waals surface area contributed by atoms with Crippen molar-refractivity contribution in [1.29, 1.82) is 0 Å². The predicted octanol–water partition coefficient (Wildman–Crippen LogP) is 1.92. The molecule has 1 aromatic carbocycles. The van der Waals surface area contributed by atoms with Crippen molar-refractivity contribution >= 4 is 17.6 Å². The van der Waals surface area contributed by atoms with E-state index in [0.717, 1.165) is 31.7 Å². The minimum atomic E-state index is -0.958. The number of carboxylic acids is 1. The molecule has 28 heavy (non-hydrogen) atoms. The third-order valence-corrected chi connectivity index (χ3v) is 5.63. The summed E-state index contributed by atoms with van der Waals surface area (Å²) in [4.78, 5) is 30.4. The zero-order chi connectivity index (χ0) is 20.3. The number of hydrogen-bond acceptors (Lipinski definition) is 5. The molecule has 1 atom stereocenters. The summed E-state index contributed by atoms with van der Waals surface area (Å²) in [6, 6.07) is 7.61. The maximum atomic E-state index is 12.9. The van der Waals surface area contributed by atoms with E-state index in [-0.39, 0.29) is 11.8 Å². The van der Waals surface area contributed by atoms with E-state index in [9.17, 15) is 14.7 Å². The number of rotatable bonds is 5. The van der Waals surface area contributed by atoms with Crippen LogP contribution in [0.1, 0.15) is 26.7 Å². The molecule has 7 heteroatoms. The predicted molar refractivity (Wildman–Crippen MR) is 108 cm³/mol. The fourth-order valence-electron chi connectivity index (χ4n) is 3.89. The van der Waals surface area contributed by atoms with Gasteiger partial charge in [-0.15, -0.1) is 0 Å². The summed E-state index contributed by atoms with van der Waals surface area (Å²) in [5.41, 5.74) is -0.0219. The van der Waals surface area contributed by atoms with E-state index in [1.807, 2.05) is 43.0 Å². The molecule has 0 aliphatic carbocycles. The largest absolute Gasteiger partial charge is 0.481 e. The highest BCUT2D eigenvalue weighted by atomic mass is 16.5. The Morgan fingerprint density at radius 3 is 2.54 bits per heavy atom. The lowest BCUT2D eigenvalue weighted by molar-refractivity contribution is -0.147. The molecule has 2 aliphatic rings. The van der Waals surface area contributed by atoms with Gasteiger partial charge in [-0.3, -0.25) is 9.59 Å². The molecule has 0 saturated carbocycles. The molecule has 0 radical (unpaired) electrons. The van der Waals surface area contributed by atoms with Crippen molar-refractivity contribution < 1.29 is 19.4 Å². The van der Waals surface area contributed by atoms with Gasteiger partial charge in [-0.1, -0.05) is 6.07 Å². The van der Waals surface area contributed by atoms with Gasteiger partial charge in [0.1, 0.15) is 5.75 Å². The van der Waals surface area contributed by atoms with Crippen LogP contribution in [0.25, 0.3) is 0 Å². The highest BCUT2D eigenvalue weighted by molar-refractivity contribution is 5.85. The van der Waals surface area contributed by atoms with Gasteiger partial charge in [-0.2, -0.15) is 0 Å². The summed E-state index contributed by atoms with van der Waals surface area (Å²) in [5, 5.41) is 9.32. The van der Waals surface area contributed by atoms with E-state index in [0.29, 0.717) is 31.8 Å². The first-order chi connectivity index (χ1) is 13.3. The van der Waals surface area contributed by atoms with Crippen molar-refractivity contribution in [2.24, 2.45) is 5.92 Å². The van der Waals surface area contributed by atoms with Crippen LogP contribution in [0, 0.1) is 5.92 Å². The number of piperidine rings is 1. The summed E-state index contributed by atoms with van der Waals surface area (Å²) in [6.45, 7) is 8.12. The fraction of sp³-hybridized carbons (Fsp3) is 0.619. The van der Waals surface area contributed by atoms with Crippen molar-refractivity contribution in [3.8, 4) is 5.75 Å². The summed E-state index contributed by atoms with van der Waals surface area (Å²) < 4.78 is 6.10. The number of piperazine rings is 1. The van der Waals surface area contributed by atoms with Gasteiger partial charge < -0.3 is 24.5 Å². The number of aliphatic carboxylic acids is 1. The molecule has 1 N–H and O–H groups in total. The lowest BCUT2D eigenvalue weighted by atomic mass is 9.98. The zero-order valence-corrected chi connectivity index (χ0v) is 17.1. The van der Waals surface area contributed by atoms with Crippen LogP contribution < -0.4 is 9.64 Å². The lowest BCUT2D eigenvalue weighted by Crippen LogP contribution is -2.55. The molecule has 1 aromatic rings. The number of likely N-dealkylation sites (N-methyl/N-ethyl adjacent to an activating group) is 1. The third kappa shape index (κ3) is 4.76. The van der Waals surface area contributed by atoms with Gasteiger partial charge >= 0.3 is 5.97 Å². The van der Waals surface area contributed by atoms with Crippen molar-refractivity contribution in [3.63, 3.8) is 0 Å². The van der Waals surface area contributed by atoms with Gasteiger partial charge in [0.15, 0.2) is 5.60 Å². The average molecular weight is 389 g/mol. The minimum Gasteiger partial charge on any atom is -0.481 e.